The standard InChI is InChI=1S/C10H20O2/c1-7(6-11)8-4-5-10(2,3)9(8)12/h7-9,11-12H,4-6H2,1-3H3/t7-,8+,9+/m1/s1. The van der Waals surface area contributed by atoms with E-state index in [9.17, 15) is 5.11 Å². The molecule has 2 N–H and O–H groups in total. The zero-order chi connectivity index (χ0) is 9.35. The quantitative estimate of drug-likeness (QED) is 0.661. The molecule has 1 rings (SSSR count). The highest BCUT2D eigenvalue weighted by Gasteiger charge is 2.42. The number of hydrogen-bond acceptors (Lipinski definition) is 2. The third-order valence-corrected chi connectivity index (χ3v) is 3.35. The van der Waals surface area contributed by atoms with Crippen molar-refractivity contribution in [3.05, 3.63) is 0 Å². The molecule has 2 heteroatoms. The maximum atomic E-state index is 9.91. The minimum absolute atomic E-state index is 0.0497. The molecule has 0 unspecified atom stereocenters. The van der Waals surface area contributed by atoms with Crippen LogP contribution in [0.15, 0.2) is 0 Å². The van der Waals surface area contributed by atoms with E-state index in [0.29, 0.717) is 5.92 Å². The fraction of sp³-hybridized carbons (Fsp3) is 1.00. The number of aliphatic hydroxyl groups excluding tert-OH is 2. The highest BCUT2D eigenvalue weighted by Crippen LogP contribution is 2.44. The third-order valence-electron chi connectivity index (χ3n) is 3.35. The van der Waals surface area contributed by atoms with Crippen molar-refractivity contribution in [1.82, 2.24) is 0 Å². The van der Waals surface area contributed by atoms with Crippen LogP contribution >= 0.6 is 0 Å². The van der Waals surface area contributed by atoms with Crippen LogP contribution in [-0.4, -0.2) is 22.9 Å². The van der Waals surface area contributed by atoms with Gasteiger partial charge in [0.15, 0.2) is 0 Å². The summed E-state index contributed by atoms with van der Waals surface area (Å²) in [4.78, 5) is 0. The fourth-order valence-electron chi connectivity index (χ4n) is 2.16. The Hall–Kier alpha value is -0.0800. The average Bonchev–Trinajstić information content (AvgIpc) is 2.27. The molecule has 0 aromatic heterocycles. The Labute approximate surface area is 74.6 Å². The summed E-state index contributed by atoms with van der Waals surface area (Å²) in [5.74, 6) is 0.534. The highest BCUT2D eigenvalue weighted by molar-refractivity contribution is 4.92. The monoisotopic (exact) mass is 172 g/mol. The molecule has 0 bridgehead atoms. The van der Waals surface area contributed by atoms with Crippen molar-refractivity contribution in [3.63, 3.8) is 0 Å². The molecule has 72 valence electrons. The normalized spacial score (nSPS) is 36.8. The van der Waals surface area contributed by atoms with Crippen LogP contribution in [0.3, 0.4) is 0 Å². The van der Waals surface area contributed by atoms with Crippen LogP contribution in [0.2, 0.25) is 0 Å². The predicted octanol–water partition coefficient (Wildman–Crippen LogP) is 1.41. The van der Waals surface area contributed by atoms with Gasteiger partial charge in [0.25, 0.3) is 0 Å². The van der Waals surface area contributed by atoms with Crippen LogP contribution in [0.1, 0.15) is 33.6 Å². The fourth-order valence-corrected chi connectivity index (χ4v) is 2.16. The largest absolute Gasteiger partial charge is 0.396 e. The van der Waals surface area contributed by atoms with Crippen molar-refractivity contribution >= 4 is 0 Å². The molecule has 1 aliphatic carbocycles. The van der Waals surface area contributed by atoms with Gasteiger partial charge in [0.2, 0.25) is 0 Å². The van der Waals surface area contributed by atoms with E-state index in [0.717, 1.165) is 12.8 Å². The summed E-state index contributed by atoms with van der Waals surface area (Å²) in [6.45, 7) is 6.40. The van der Waals surface area contributed by atoms with Crippen molar-refractivity contribution in [2.45, 2.75) is 39.7 Å². The number of aliphatic hydroxyl groups is 2. The summed E-state index contributed by atoms with van der Waals surface area (Å²) in [5, 5.41) is 18.9. The van der Waals surface area contributed by atoms with Crippen LogP contribution in [0.4, 0.5) is 0 Å². The molecule has 1 aliphatic rings. The van der Waals surface area contributed by atoms with Gasteiger partial charge < -0.3 is 10.2 Å². The van der Waals surface area contributed by atoms with Gasteiger partial charge >= 0.3 is 0 Å². The molecule has 2 nitrogen and oxygen atoms in total. The Bertz CT molecular complexity index is 154. The van der Waals surface area contributed by atoms with E-state index in [-0.39, 0.29) is 24.0 Å². The van der Waals surface area contributed by atoms with Gasteiger partial charge in [-0.1, -0.05) is 20.8 Å². The summed E-state index contributed by atoms with van der Waals surface area (Å²) in [7, 11) is 0. The van der Waals surface area contributed by atoms with Gasteiger partial charge in [0, 0.05) is 6.61 Å². The van der Waals surface area contributed by atoms with Crippen molar-refractivity contribution in [1.29, 1.82) is 0 Å². The summed E-state index contributed by atoms with van der Waals surface area (Å²) < 4.78 is 0. The molecule has 0 radical (unpaired) electrons. The zero-order valence-electron chi connectivity index (χ0n) is 8.25. The smallest absolute Gasteiger partial charge is 0.0622 e. The molecule has 0 heterocycles. The molecule has 3 atom stereocenters. The lowest BCUT2D eigenvalue weighted by atomic mass is 9.83. The highest BCUT2D eigenvalue weighted by atomic mass is 16.3. The Morgan fingerprint density at radius 1 is 1.50 bits per heavy atom. The lowest BCUT2D eigenvalue weighted by Gasteiger charge is -2.28. The van der Waals surface area contributed by atoms with Gasteiger partial charge in [0.1, 0.15) is 0 Å². The van der Waals surface area contributed by atoms with Gasteiger partial charge in [-0.15, -0.1) is 0 Å². The second kappa shape index (κ2) is 3.35. The molecule has 0 saturated heterocycles. The van der Waals surface area contributed by atoms with Gasteiger partial charge in [0.05, 0.1) is 6.10 Å². The van der Waals surface area contributed by atoms with E-state index in [2.05, 4.69) is 13.8 Å². The van der Waals surface area contributed by atoms with E-state index < -0.39 is 0 Å². The first-order chi connectivity index (χ1) is 5.49. The van der Waals surface area contributed by atoms with E-state index in [1.807, 2.05) is 6.92 Å². The van der Waals surface area contributed by atoms with Crippen molar-refractivity contribution in [2.75, 3.05) is 6.61 Å². The first-order valence-electron chi connectivity index (χ1n) is 4.78. The molecule has 0 aromatic carbocycles. The maximum Gasteiger partial charge on any atom is 0.0622 e. The Morgan fingerprint density at radius 2 is 2.08 bits per heavy atom. The summed E-state index contributed by atoms with van der Waals surface area (Å²) in [6.07, 6.45) is 1.89. The average molecular weight is 172 g/mol. The molecule has 1 fully saturated rings. The lowest BCUT2D eigenvalue weighted by molar-refractivity contribution is 0.0174. The van der Waals surface area contributed by atoms with Crippen LogP contribution < -0.4 is 0 Å². The lowest BCUT2D eigenvalue weighted by Crippen LogP contribution is -2.32. The summed E-state index contributed by atoms with van der Waals surface area (Å²) in [6, 6.07) is 0. The van der Waals surface area contributed by atoms with Crippen molar-refractivity contribution < 1.29 is 10.2 Å². The first kappa shape index (κ1) is 10.0. The topological polar surface area (TPSA) is 40.5 Å². The Kier molecular flexibility index (Phi) is 2.79. The first-order valence-corrected chi connectivity index (χ1v) is 4.78. The zero-order valence-corrected chi connectivity index (χ0v) is 8.25. The minimum Gasteiger partial charge on any atom is -0.396 e. The van der Waals surface area contributed by atoms with Crippen molar-refractivity contribution in [2.24, 2.45) is 17.3 Å². The number of rotatable bonds is 2. The number of hydrogen-bond donors (Lipinski definition) is 2. The van der Waals surface area contributed by atoms with E-state index in [4.69, 9.17) is 5.11 Å². The molecule has 0 spiro atoms. The maximum absolute atomic E-state index is 9.91. The van der Waals surface area contributed by atoms with Crippen LogP contribution in [0.25, 0.3) is 0 Å². The molecular formula is C10H20O2. The third kappa shape index (κ3) is 1.64. The van der Waals surface area contributed by atoms with Gasteiger partial charge in [-0.3, -0.25) is 0 Å². The van der Waals surface area contributed by atoms with Gasteiger partial charge in [-0.25, -0.2) is 0 Å². The van der Waals surface area contributed by atoms with E-state index in [1.165, 1.54) is 0 Å². The van der Waals surface area contributed by atoms with Gasteiger partial charge in [-0.2, -0.15) is 0 Å². The molecule has 12 heavy (non-hydrogen) atoms. The predicted molar refractivity (Wildman–Crippen MR) is 48.8 cm³/mol. The Balaban J connectivity index is 2.61. The molecule has 0 amide bonds. The van der Waals surface area contributed by atoms with Crippen LogP contribution in [0.5, 0.6) is 0 Å². The Morgan fingerprint density at radius 3 is 2.42 bits per heavy atom. The van der Waals surface area contributed by atoms with E-state index in [1.54, 1.807) is 0 Å². The molecule has 1 saturated carbocycles. The van der Waals surface area contributed by atoms with Crippen LogP contribution in [-0.2, 0) is 0 Å². The second-order valence-electron chi connectivity index (χ2n) is 4.80. The summed E-state index contributed by atoms with van der Waals surface area (Å²) >= 11 is 0. The van der Waals surface area contributed by atoms with Crippen molar-refractivity contribution in [3.8, 4) is 0 Å². The van der Waals surface area contributed by atoms with Gasteiger partial charge in [-0.05, 0) is 30.1 Å². The molecule has 0 aliphatic heterocycles. The van der Waals surface area contributed by atoms with E-state index >= 15 is 0 Å². The SMILES string of the molecule is C[C@H](CO)[C@@H]1CCC(C)(C)[C@H]1O. The minimum atomic E-state index is -0.236. The molecular weight excluding hydrogens is 152 g/mol. The van der Waals surface area contributed by atoms with Crippen LogP contribution in [0, 0.1) is 17.3 Å². The molecule has 0 aromatic rings. The summed E-state index contributed by atoms with van der Waals surface area (Å²) in [5.41, 5.74) is 0.0497. The second-order valence-corrected chi connectivity index (χ2v) is 4.80.